The predicted octanol–water partition coefficient (Wildman–Crippen LogP) is 3.85. The first-order chi connectivity index (χ1) is 11.5. The number of hydrogen-bond acceptors (Lipinski definition) is 7. The van der Waals surface area contributed by atoms with Crippen molar-refractivity contribution in [2.75, 3.05) is 14.1 Å². The molecule has 0 aliphatic rings. The summed E-state index contributed by atoms with van der Waals surface area (Å²) in [4.78, 5) is 6.50. The fourth-order valence-electron chi connectivity index (χ4n) is 2.08. The van der Waals surface area contributed by atoms with Gasteiger partial charge in [-0.2, -0.15) is 4.37 Å². The quantitative estimate of drug-likeness (QED) is 0.669. The highest BCUT2D eigenvalue weighted by Crippen LogP contribution is 2.32. The van der Waals surface area contributed by atoms with Crippen molar-refractivity contribution in [3.8, 4) is 5.69 Å². The Hall–Kier alpha value is -1.48. The summed E-state index contributed by atoms with van der Waals surface area (Å²) in [7, 11) is 4.04. The van der Waals surface area contributed by atoms with E-state index in [0.717, 1.165) is 26.8 Å². The van der Waals surface area contributed by atoms with Crippen LogP contribution in [0.25, 0.3) is 5.69 Å². The zero-order valence-corrected chi connectivity index (χ0v) is 16.2. The van der Waals surface area contributed by atoms with Gasteiger partial charge in [-0.25, -0.2) is 4.98 Å². The van der Waals surface area contributed by atoms with Gasteiger partial charge in [-0.1, -0.05) is 11.6 Å². The molecule has 3 rings (SSSR count). The molecule has 0 saturated heterocycles. The van der Waals surface area contributed by atoms with E-state index in [0.29, 0.717) is 5.02 Å². The second-order valence-electron chi connectivity index (χ2n) is 5.50. The Kier molecular flexibility index (Phi) is 5.19. The molecule has 2 heterocycles. The number of rotatable bonds is 5. The summed E-state index contributed by atoms with van der Waals surface area (Å²) in [6.07, 6.45) is 0. The molecule has 1 atom stereocenters. The van der Waals surface area contributed by atoms with Crippen LogP contribution < -0.4 is 0 Å². The Balaban J connectivity index is 2.06. The first-order valence-corrected chi connectivity index (χ1v) is 9.28. The second kappa shape index (κ2) is 7.18. The first kappa shape index (κ1) is 17.3. The van der Waals surface area contributed by atoms with Crippen molar-refractivity contribution in [1.82, 2.24) is 29.0 Å². The van der Waals surface area contributed by atoms with Gasteiger partial charge in [0.25, 0.3) is 0 Å². The molecule has 0 aliphatic heterocycles. The van der Waals surface area contributed by atoms with E-state index in [-0.39, 0.29) is 6.04 Å². The first-order valence-electron chi connectivity index (χ1n) is 7.31. The average molecular weight is 381 g/mol. The number of aromatic nitrogens is 5. The summed E-state index contributed by atoms with van der Waals surface area (Å²) in [6, 6.07) is 7.77. The Morgan fingerprint density at radius 3 is 2.50 bits per heavy atom. The van der Waals surface area contributed by atoms with Gasteiger partial charge in [0.15, 0.2) is 10.2 Å². The van der Waals surface area contributed by atoms with Crippen molar-refractivity contribution in [2.24, 2.45) is 0 Å². The molecule has 126 valence electrons. The van der Waals surface area contributed by atoms with Crippen LogP contribution in [0.4, 0.5) is 0 Å². The van der Waals surface area contributed by atoms with E-state index < -0.39 is 0 Å². The maximum atomic E-state index is 6.03. The molecule has 0 radical (unpaired) electrons. The minimum atomic E-state index is 0.110. The molecule has 0 bridgehead atoms. The fourth-order valence-corrected chi connectivity index (χ4v) is 3.82. The minimum Gasteiger partial charge on any atom is -0.300 e. The van der Waals surface area contributed by atoms with Crippen LogP contribution in [0.15, 0.2) is 33.8 Å². The molecule has 24 heavy (non-hydrogen) atoms. The molecule has 0 N–H and O–H groups in total. The highest BCUT2D eigenvalue weighted by Gasteiger charge is 2.22. The lowest BCUT2D eigenvalue weighted by atomic mass is 10.2. The van der Waals surface area contributed by atoms with E-state index in [1.54, 1.807) is 0 Å². The van der Waals surface area contributed by atoms with Crippen LogP contribution in [0.5, 0.6) is 0 Å². The second-order valence-corrected chi connectivity index (χ2v) is 7.90. The summed E-state index contributed by atoms with van der Waals surface area (Å²) in [5.74, 6) is 1.63. The van der Waals surface area contributed by atoms with Crippen molar-refractivity contribution in [3.63, 3.8) is 0 Å². The monoisotopic (exact) mass is 380 g/mol. The van der Waals surface area contributed by atoms with Gasteiger partial charge in [0.05, 0.1) is 6.04 Å². The average Bonchev–Trinajstić information content (AvgIpc) is 3.14. The zero-order valence-electron chi connectivity index (χ0n) is 13.8. The molecule has 0 spiro atoms. The summed E-state index contributed by atoms with van der Waals surface area (Å²) in [5.41, 5.74) is 0.969. The van der Waals surface area contributed by atoms with Crippen LogP contribution in [0, 0.1) is 6.92 Å². The molecule has 2 aromatic heterocycles. The molecule has 9 heteroatoms. The Morgan fingerprint density at radius 1 is 1.21 bits per heavy atom. The Labute approximate surface area is 154 Å². The van der Waals surface area contributed by atoms with Gasteiger partial charge in [-0.3, -0.25) is 9.47 Å². The van der Waals surface area contributed by atoms with Crippen LogP contribution in [0.2, 0.25) is 5.02 Å². The topological polar surface area (TPSA) is 59.7 Å². The SMILES string of the molecule is Cc1nsc(Sc2nnc(C(C)N(C)C)n2-c2ccc(Cl)cc2)n1. The zero-order chi connectivity index (χ0) is 17.3. The maximum absolute atomic E-state index is 6.03. The Bertz CT molecular complexity index is 827. The smallest absolute Gasteiger partial charge is 0.203 e. The van der Waals surface area contributed by atoms with Crippen LogP contribution in [-0.4, -0.2) is 43.1 Å². The summed E-state index contributed by atoms with van der Waals surface area (Å²) < 4.78 is 7.11. The fraction of sp³-hybridized carbons (Fsp3) is 0.333. The van der Waals surface area contributed by atoms with Crippen molar-refractivity contribution in [3.05, 3.63) is 40.9 Å². The van der Waals surface area contributed by atoms with E-state index in [9.17, 15) is 0 Å². The standard InChI is InChI=1S/C15H17ClN6S2/c1-9(21(3)4)13-18-19-14(23-15-17-10(2)20-24-15)22(13)12-7-5-11(16)6-8-12/h5-9H,1-4H3. The number of nitrogens with zero attached hydrogens (tertiary/aromatic N) is 6. The number of hydrogen-bond donors (Lipinski definition) is 0. The lowest BCUT2D eigenvalue weighted by molar-refractivity contribution is 0.305. The van der Waals surface area contributed by atoms with Gasteiger partial charge < -0.3 is 0 Å². The number of halogens is 1. The minimum absolute atomic E-state index is 0.110. The summed E-state index contributed by atoms with van der Waals surface area (Å²) in [5, 5.41) is 10.2. The van der Waals surface area contributed by atoms with Crippen molar-refractivity contribution < 1.29 is 0 Å². The normalized spacial score (nSPS) is 12.8. The molecular formula is C15H17ClN6S2. The third-order valence-electron chi connectivity index (χ3n) is 3.58. The van der Waals surface area contributed by atoms with Gasteiger partial charge in [0, 0.05) is 10.7 Å². The largest absolute Gasteiger partial charge is 0.300 e. The summed E-state index contributed by atoms with van der Waals surface area (Å²) >= 11 is 8.86. The lowest BCUT2D eigenvalue weighted by Gasteiger charge is -2.20. The van der Waals surface area contributed by atoms with Crippen LogP contribution in [0.3, 0.4) is 0 Å². The molecule has 1 aromatic carbocycles. The molecule has 0 saturated carbocycles. The number of benzene rings is 1. The van der Waals surface area contributed by atoms with E-state index in [4.69, 9.17) is 11.6 Å². The molecule has 1 unspecified atom stereocenters. The third kappa shape index (κ3) is 3.61. The van der Waals surface area contributed by atoms with Gasteiger partial charge >= 0.3 is 0 Å². The third-order valence-corrected chi connectivity index (χ3v) is 5.62. The van der Waals surface area contributed by atoms with Gasteiger partial charge in [0.2, 0.25) is 5.16 Å². The van der Waals surface area contributed by atoms with Gasteiger partial charge in [0.1, 0.15) is 5.82 Å². The maximum Gasteiger partial charge on any atom is 0.203 e. The predicted molar refractivity (Wildman–Crippen MR) is 97.2 cm³/mol. The van der Waals surface area contributed by atoms with E-state index >= 15 is 0 Å². The van der Waals surface area contributed by atoms with E-state index in [1.807, 2.05) is 49.9 Å². The highest BCUT2D eigenvalue weighted by atomic mass is 35.5. The highest BCUT2D eigenvalue weighted by molar-refractivity contribution is 8.00. The molecule has 6 nitrogen and oxygen atoms in total. The Morgan fingerprint density at radius 2 is 1.92 bits per heavy atom. The number of aryl methyl sites for hydroxylation is 1. The van der Waals surface area contributed by atoms with Gasteiger partial charge in [-0.15, -0.1) is 10.2 Å². The molecular weight excluding hydrogens is 364 g/mol. The lowest BCUT2D eigenvalue weighted by Crippen LogP contribution is -2.20. The van der Waals surface area contributed by atoms with Crippen molar-refractivity contribution in [2.45, 2.75) is 29.4 Å². The molecule has 3 aromatic rings. The molecule has 0 aliphatic carbocycles. The van der Waals surface area contributed by atoms with Crippen LogP contribution in [-0.2, 0) is 0 Å². The van der Waals surface area contributed by atoms with E-state index in [2.05, 4.69) is 31.4 Å². The van der Waals surface area contributed by atoms with Crippen LogP contribution in [0.1, 0.15) is 24.6 Å². The van der Waals surface area contributed by atoms with Crippen LogP contribution >= 0.6 is 34.9 Å². The van der Waals surface area contributed by atoms with Crippen molar-refractivity contribution >= 4 is 34.9 Å². The molecule has 0 fully saturated rings. The summed E-state index contributed by atoms with van der Waals surface area (Å²) in [6.45, 7) is 3.98. The van der Waals surface area contributed by atoms with Gasteiger partial charge in [-0.05, 0) is 75.5 Å². The molecule has 0 amide bonds. The van der Waals surface area contributed by atoms with Crippen molar-refractivity contribution in [1.29, 1.82) is 0 Å². The van der Waals surface area contributed by atoms with E-state index in [1.165, 1.54) is 23.3 Å².